The highest BCUT2D eigenvalue weighted by atomic mass is 35.5. The maximum Gasteiger partial charge on any atom is 0.308 e. The molecular weight excluding hydrogens is 200 g/mol. The van der Waals surface area contributed by atoms with Gasteiger partial charge in [-0.15, -0.1) is 11.6 Å². The van der Waals surface area contributed by atoms with Crippen LogP contribution in [0.4, 0.5) is 0 Å². The average Bonchev–Trinajstić information content (AvgIpc) is 2.16. The van der Waals surface area contributed by atoms with Gasteiger partial charge in [-0.05, 0) is 11.6 Å². The van der Waals surface area contributed by atoms with E-state index in [1.165, 1.54) is 6.92 Å². The monoisotopic (exact) mass is 210 g/mol. The smallest absolute Gasteiger partial charge is 0.308 e. The molecule has 74 valence electrons. The minimum Gasteiger partial charge on any atom is -0.426 e. The van der Waals surface area contributed by atoms with E-state index >= 15 is 0 Å². The summed E-state index contributed by atoms with van der Waals surface area (Å²) in [5.74, 6) is 0.552. The molecule has 0 amide bonds. The third kappa shape index (κ3) is 2.60. The van der Waals surface area contributed by atoms with Gasteiger partial charge in [0.15, 0.2) is 0 Å². The minimum absolute atomic E-state index is 0.347. The van der Waals surface area contributed by atoms with E-state index in [2.05, 4.69) is 6.58 Å². The molecule has 1 aromatic carbocycles. The van der Waals surface area contributed by atoms with Crippen LogP contribution in [0.25, 0.3) is 6.08 Å². The third-order valence-corrected chi connectivity index (χ3v) is 2.01. The van der Waals surface area contributed by atoms with Crippen molar-refractivity contribution in [3.8, 4) is 5.75 Å². The quantitative estimate of drug-likeness (QED) is 0.436. The van der Waals surface area contributed by atoms with Gasteiger partial charge in [0.1, 0.15) is 5.75 Å². The van der Waals surface area contributed by atoms with Crippen LogP contribution >= 0.6 is 11.6 Å². The number of carbonyl (C=O) groups excluding carboxylic acids is 1. The number of alkyl halides is 1. The predicted molar refractivity (Wildman–Crippen MR) is 57.4 cm³/mol. The number of ether oxygens (including phenoxy) is 1. The molecule has 0 heterocycles. The van der Waals surface area contributed by atoms with Crippen molar-refractivity contribution >= 4 is 23.6 Å². The molecule has 0 N–H and O–H groups in total. The van der Waals surface area contributed by atoms with Crippen molar-refractivity contribution in [3.63, 3.8) is 0 Å². The van der Waals surface area contributed by atoms with Gasteiger partial charge in [0.25, 0.3) is 0 Å². The van der Waals surface area contributed by atoms with Crippen LogP contribution in [0.3, 0.4) is 0 Å². The maximum atomic E-state index is 10.8. The first kappa shape index (κ1) is 10.8. The molecule has 0 bridgehead atoms. The second-order valence-corrected chi connectivity index (χ2v) is 3.07. The van der Waals surface area contributed by atoms with Gasteiger partial charge < -0.3 is 4.74 Å². The fourth-order valence-electron chi connectivity index (χ4n) is 1.07. The van der Waals surface area contributed by atoms with Crippen LogP contribution in [-0.4, -0.2) is 5.97 Å². The van der Waals surface area contributed by atoms with Crippen molar-refractivity contribution < 1.29 is 9.53 Å². The highest BCUT2D eigenvalue weighted by Crippen LogP contribution is 2.22. The van der Waals surface area contributed by atoms with E-state index < -0.39 is 0 Å². The topological polar surface area (TPSA) is 26.3 Å². The van der Waals surface area contributed by atoms with Gasteiger partial charge in [0.05, 0.1) is 0 Å². The van der Waals surface area contributed by atoms with Gasteiger partial charge in [-0.2, -0.15) is 0 Å². The van der Waals surface area contributed by atoms with Crippen LogP contribution in [0.5, 0.6) is 5.75 Å². The first-order valence-corrected chi connectivity index (χ1v) is 4.70. The number of benzene rings is 1. The van der Waals surface area contributed by atoms with Crippen LogP contribution in [-0.2, 0) is 10.7 Å². The van der Waals surface area contributed by atoms with E-state index in [1.807, 2.05) is 12.1 Å². The molecule has 0 radical (unpaired) electrons. The Bertz CT molecular complexity index is 358. The molecular formula is C11H11ClO2. The Morgan fingerprint density at radius 3 is 2.86 bits per heavy atom. The van der Waals surface area contributed by atoms with E-state index in [4.69, 9.17) is 16.3 Å². The fourth-order valence-corrected chi connectivity index (χ4v) is 1.24. The summed E-state index contributed by atoms with van der Waals surface area (Å²) >= 11 is 5.66. The van der Waals surface area contributed by atoms with E-state index in [-0.39, 0.29) is 5.97 Å². The Balaban J connectivity index is 3.07. The Morgan fingerprint density at radius 1 is 1.64 bits per heavy atom. The Labute approximate surface area is 88.1 Å². The normalized spacial score (nSPS) is 9.57. The lowest BCUT2D eigenvalue weighted by Crippen LogP contribution is -2.03. The van der Waals surface area contributed by atoms with Crippen LogP contribution in [0.15, 0.2) is 24.8 Å². The van der Waals surface area contributed by atoms with E-state index in [9.17, 15) is 4.79 Å². The molecule has 0 fully saturated rings. The van der Waals surface area contributed by atoms with Crippen molar-refractivity contribution in [2.75, 3.05) is 0 Å². The summed E-state index contributed by atoms with van der Waals surface area (Å²) in [7, 11) is 0. The molecule has 0 saturated heterocycles. The number of carbonyl (C=O) groups is 1. The van der Waals surface area contributed by atoms with Crippen molar-refractivity contribution in [1.29, 1.82) is 0 Å². The summed E-state index contributed by atoms with van der Waals surface area (Å²) in [4.78, 5) is 10.8. The number of hydrogen-bond donors (Lipinski definition) is 0. The molecule has 14 heavy (non-hydrogen) atoms. The third-order valence-electron chi connectivity index (χ3n) is 1.71. The molecule has 0 atom stereocenters. The van der Waals surface area contributed by atoms with Crippen LogP contribution < -0.4 is 4.74 Å². The Kier molecular flexibility index (Phi) is 3.72. The van der Waals surface area contributed by atoms with Crippen molar-refractivity contribution in [3.05, 3.63) is 35.9 Å². The molecule has 2 nitrogen and oxygen atoms in total. The van der Waals surface area contributed by atoms with Gasteiger partial charge in [-0.3, -0.25) is 4.79 Å². The number of hydrogen-bond acceptors (Lipinski definition) is 2. The molecule has 0 aliphatic heterocycles. The van der Waals surface area contributed by atoms with Crippen molar-refractivity contribution in [2.24, 2.45) is 0 Å². The Morgan fingerprint density at radius 2 is 2.36 bits per heavy atom. The summed E-state index contributed by atoms with van der Waals surface area (Å²) in [6.45, 7) is 4.99. The lowest BCUT2D eigenvalue weighted by molar-refractivity contribution is -0.131. The highest BCUT2D eigenvalue weighted by molar-refractivity contribution is 6.17. The van der Waals surface area contributed by atoms with Crippen molar-refractivity contribution in [1.82, 2.24) is 0 Å². The summed E-state index contributed by atoms with van der Waals surface area (Å²) in [6, 6.07) is 5.44. The predicted octanol–water partition coefficient (Wildman–Crippen LogP) is 2.99. The van der Waals surface area contributed by atoms with Gasteiger partial charge in [0.2, 0.25) is 0 Å². The van der Waals surface area contributed by atoms with Crippen LogP contribution in [0.1, 0.15) is 18.1 Å². The van der Waals surface area contributed by atoms with Gasteiger partial charge >= 0.3 is 5.97 Å². The first-order valence-electron chi connectivity index (χ1n) is 4.17. The zero-order valence-corrected chi connectivity index (χ0v) is 8.67. The molecule has 1 rings (SSSR count). The molecule has 0 spiro atoms. The van der Waals surface area contributed by atoms with E-state index in [0.717, 1.165) is 11.1 Å². The number of rotatable bonds is 3. The second-order valence-electron chi connectivity index (χ2n) is 2.80. The van der Waals surface area contributed by atoms with E-state index in [1.54, 1.807) is 12.1 Å². The summed E-state index contributed by atoms with van der Waals surface area (Å²) < 4.78 is 5.01. The van der Waals surface area contributed by atoms with Crippen LogP contribution in [0.2, 0.25) is 0 Å². The zero-order valence-electron chi connectivity index (χ0n) is 7.92. The maximum absolute atomic E-state index is 10.8. The lowest BCUT2D eigenvalue weighted by atomic mass is 10.1. The molecule has 0 unspecified atom stereocenters. The molecule has 1 aromatic rings. The van der Waals surface area contributed by atoms with Gasteiger partial charge in [-0.25, -0.2) is 0 Å². The molecule has 0 saturated carbocycles. The first-order chi connectivity index (χ1) is 6.67. The molecule has 0 aliphatic rings. The molecule has 0 aliphatic carbocycles. The second kappa shape index (κ2) is 4.82. The number of esters is 1. The molecule has 3 heteroatoms. The SMILES string of the molecule is C=Cc1ccc(CCl)cc1OC(C)=O. The van der Waals surface area contributed by atoms with Crippen LogP contribution in [0, 0.1) is 0 Å². The highest BCUT2D eigenvalue weighted by Gasteiger charge is 2.04. The molecule has 0 aromatic heterocycles. The van der Waals surface area contributed by atoms with E-state index in [0.29, 0.717) is 11.6 Å². The summed E-state index contributed by atoms with van der Waals surface area (Å²) in [5.41, 5.74) is 1.70. The fraction of sp³-hybridized carbons (Fsp3) is 0.182. The zero-order chi connectivity index (χ0) is 10.6. The average molecular weight is 211 g/mol. The number of halogens is 1. The minimum atomic E-state index is -0.347. The van der Waals surface area contributed by atoms with Gasteiger partial charge in [0, 0.05) is 18.4 Å². The standard InChI is InChI=1S/C11H11ClO2/c1-3-10-5-4-9(7-12)6-11(10)14-8(2)13/h3-6H,1,7H2,2H3. The summed E-state index contributed by atoms with van der Waals surface area (Å²) in [5, 5.41) is 0. The van der Waals surface area contributed by atoms with Gasteiger partial charge in [-0.1, -0.05) is 24.8 Å². The lowest BCUT2D eigenvalue weighted by Gasteiger charge is -2.06. The largest absolute Gasteiger partial charge is 0.426 e. The van der Waals surface area contributed by atoms with Crippen molar-refractivity contribution in [2.45, 2.75) is 12.8 Å². The Hall–Kier alpha value is -1.28. The summed E-state index contributed by atoms with van der Waals surface area (Å²) in [6.07, 6.45) is 1.64.